The molecular formula is C22H26N6O2. The maximum Gasteiger partial charge on any atom is 0.335 e. The van der Waals surface area contributed by atoms with Crippen molar-refractivity contribution < 1.29 is 9.59 Å². The maximum atomic E-state index is 12.7. The summed E-state index contributed by atoms with van der Waals surface area (Å²) in [5, 5.41) is 15.7. The van der Waals surface area contributed by atoms with Gasteiger partial charge in [-0.2, -0.15) is 4.79 Å². The van der Waals surface area contributed by atoms with Gasteiger partial charge in [0.2, 0.25) is 5.91 Å². The van der Waals surface area contributed by atoms with E-state index in [9.17, 15) is 9.59 Å². The summed E-state index contributed by atoms with van der Waals surface area (Å²) in [4.78, 5) is 26.2. The molecule has 0 aliphatic carbocycles. The zero-order valence-electron chi connectivity index (χ0n) is 17.4. The Kier molecular flexibility index (Phi) is 5.17. The van der Waals surface area contributed by atoms with Crippen LogP contribution in [0.25, 0.3) is 10.8 Å². The molecule has 0 unspecified atom stereocenters. The zero-order valence-corrected chi connectivity index (χ0v) is 17.4. The summed E-state index contributed by atoms with van der Waals surface area (Å²) < 4.78 is 0. The number of anilines is 1. The third kappa shape index (κ3) is 3.86. The van der Waals surface area contributed by atoms with Crippen molar-refractivity contribution in [2.24, 2.45) is 0 Å². The Morgan fingerprint density at radius 1 is 1.17 bits per heavy atom. The first-order valence-electron chi connectivity index (χ1n) is 10.1. The van der Waals surface area contributed by atoms with Crippen molar-refractivity contribution in [2.75, 3.05) is 17.3 Å². The van der Waals surface area contributed by atoms with Crippen LogP contribution < -0.4 is 21.4 Å². The van der Waals surface area contributed by atoms with Gasteiger partial charge in [0.05, 0.1) is 17.7 Å². The molecule has 0 spiro atoms. The van der Waals surface area contributed by atoms with Crippen molar-refractivity contribution in [3.8, 4) is 0 Å². The van der Waals surface area contributed by atoms with Gasteiger partial charge in [-0.25, -0.2) is 10.2 Å². The van der Waals surface area contributed by atoms with E-state index in [0.717, 1.165) is 27.6 Å². The molecule has 2 heterocycles. The molecule has 8 heteroatoms. The quantitative estimate of drug-likeness (QED) is 0.523. The minimum absolute atomic E-state index is 0.152. The fraction of sp³-hybridized carbons (Fsp3) is 0.318. The Labute approximate surface area is 175 Å². The normalized spacial score (nSPS) is 14.4. The molecule has 0 bridgehead atoms. The first-order valence-corrected chi connectivity index (χ1v) is 10.1. The molecule has 0 fully saturated rings. The van der Waals surface area contributed by atoms with Gasteiger partial charge in [0, 0.05) is 18.7 Å². The topological polar surface area (TPSA) is 100 Å². The number of hydrogen-bond acceptors (Lipinski definition) is 4. The molecule has 1 aromatic heterocycles. The van der Waals surface area contributed by atoms with Gasteiger partial charge >= 0.3 is 6.03 Å². The highest BCUT2D eigenvalue weighted by Crippen LogP contribution is 2.34. The summed E-state index contributed by atoms with van der Waals surface area (Å²) in [6, 6.07) is 13.7. The van der Waals surface area contributed by atoms with Crippen molar-refractivity contribution >= 4 is 28.5 Å². The van der Waals surface area contributed by atoms with Crippen LogP contribution in [0.2, 0.25) is 0 Å². The Bertz CT molecular complexity index is 1120. The highest BCUT2D eigenvalue weighted by Gasteiger charge is 2.37. The van der Waals surface area contributed by atoms with Crippen molar-refractivity contribution in [3.63, 3.8) is 0 Å². The van der Waals surface area contributed by atoms with E-state index in [1.807, 2.05) is 63.2 Å². The fourth-order valence-electron chi connectivity index (χ4n) is 3.84. The molecule has 0 radical (unpaired) electrons. The molecule has 0 saturated carbocycles. The van der Waals surface area contributed by atoms with Gasteiger partial charge in [-0.3, -0.25) is 4.79 Å². The first kappa shape index (κ1) is 19.9. The van der Waals surface area contributed by atoms with Gasteiger partial charge in [-0.15, -0.1) is 5.10 Å². The maximum absolute atomic E-state index is 12.7. The van der Waals surface area contributed by atoms with Crippen LogP contribution in [0.1, 0.15) is 37.6 Å². The minimum Gasteiger partial charge on any atom is -0.337 e. The summed E-state index contributed by atoms with van der Waals surface area (Å²) in [6.45, 7) is 6.93. The highest BCUT2D eigenvalue weighted by atomic mass is 16.2. The lowest BCUT2D eigenvalue weighted by molar-refractivity contribution is -0.115. The summed E-state index contributed by atoms with van der Waals surface area (Å²) >= 11 is 0. The monoisotopic (exact) mass is 406 g/mol. The second-order valence-electron chi connectivity index (χ2n) is 7.94. The van der Waals surface area contributed by atoms with Crippen LogP contribution in [0, 0.1) is 0 Å². The average molecular weight is 406 g/mol. The minimum atomic E-state index is -0.386. The van der Waals surface area contributed by atoms with Crippen LogP contribution in [-0.2, 0) is 23.3 Å². The van der Waals surface area contributed by atoms with E-state index in [4.69, 9.17) is 0 Å². The highest BCUT2D eigenvalue weighted by molar-refractivity contribution is 5.93. The van der Waals surface area contributed by atoms with E-state index in [1.54, 1.807) is 0 Å². The third-order valence-electron chi connectivity index (χ3n) is 5.26. The van der Waals surface area contributed by atoms with E-state index in [2.05, 4.69) is 26.5 Å². The molecule has 8 nitrogen and oxygen atoms in total. The van der Waals surface area contributed by atoms with Crippen LogP contribution in [0.5, 0.6) is 0 Å². The van der Waals surface area contributed by atoms with Gasteiger partial charge in [0.25, 0.3) is 0 Å². The van der Waals surface area contributed by atoms with Gasteiger partial charge in [-0.1, -0.05) is 42.5 Å². The van der Waals surface area contributed by atoms with Gasteiger partial charge in [0.1, 0.15) is 0 Å². The second-order valence-corrected chi connectivity index (χ2v) is 7.94. The molecule has 3 aromatic rings. The molecule has 0 atom stereocenters. The van der Waals surface area contributed by atoms with E-state index in [-0.39, 0.29) is 23.9 Å². The van der Waals surface area contributed by atoms with Crippen LogP contribution in [-0.4, -0.2) is 28.4 Å². The van der Waals surface area contributed by atoms with Crippen molar-refractivity contribution in [2.45, 2.75) is 39.3 Å². The number of nitrogens with one attached hydrogen (secondary N) is 4. The molecule has 0 saturated heterocycles. The van der Waals surface area contributed by atoms with E-state index in [1.165, 1.54) is 4.79 Å². The average Bonchev–Trinajstić information content (AvgIpc) is 3.20. The Balaban J connectivity index is 1.55. The second kappa shape index (κ2) is 7.79. The van der Waals surface area contributed by atoms with Gasteiger partial charge < -0.3 is 16.0 Å². The van der Waals surface area contributed by atoms with E-state index < -0.39 is 0 Å². The fourth-order valence-corrected chi connectivity index (χ4v) is 3.84. The number of rotatable bonds is 5. The Hall–Kier alpha value is -3.39. The largest absolute Gasteiger partial charge is 0.337 e. The number of aromatic nitrogens is 2. The number of urea groups is 1. The first-order chi connectivity index (χ1) is 14.4. The molecule has 30 heavy (non-hydrogen) atoms. The van der Waals surface area contributed by atoms with Crippen LogP contribution >= 0.6 is 0 Å². The van der Waals surface area contributed by atoms with Gasteiger partial charge in [0.15, 0.2) is 5.82 Å². The van der Waals surface area contributed by atoms with E-state index >= 15 is 0 Å². The number of hydrogen-bond donors (Lipinski definition) is 4. The van der Waals surface area contributed by atoms with E-state index in [0.29, 0.717) is 18.9 Å². The number of fused-ring (bicyclic) bond motifs is 2. The van der Waals surface area contributed by atoms with Crippen LogP contribution in [0.4, 0.5) is 10.6 Å². The molecule has 4 rings (SSSR count). The summed E-state index contributed by atoms with van der Waals surface area (Å²) in [7, 11) is 0. The lowest BCUT2D eigenvalue weighted by Gasteiger charge is -2.21. The predicted molar refractivity (Wildman–Crippen MR) is 117 cm³/mol. The molecular weight excluding hydrogens is 380 g/mol. The zero-order chi connectivity index (χ0) is 21.3. The summed E-state index contributed by atoms with van der Waals surface area (Å²) in [5.41, 5.74) is 4.98. The molecule has 2 aromatic carbocycles. The number of nitrogens with zero attached hydrogens (tertiary/aromatic N) is 2. The molecule has 1 aliphatic rings. The number of carbonyl (C=O) groups excluding carboxylic acids is 2. The predicted octanol–water partition coefficient (Wildman–Crippen LogP) is 2.83. The molecule has 3 amide bonds. The standard InChI is InChI=1S/C22H26N6O2/c1-4-23-21(30)27-28-19-17(13-24-22(19,2)3)20(26-28)25-18(29)12-14-9-10-15-7-5-6-8-16(15)11-14/h5-11,24H,4,12-13H2,1-3H3,(H2,23,27,30)(H,25,26,29). The SMILES string of the molecule is CCNC(=O)Nn1nc(NC(=O)Cc2ccc3ccccc3c2)c2c1C(C)(C)NC2. The summed E-state index contributed by atoms with van der Waals surface area (Å²) in [6.07, 6.45) is 0.243. The molecule has 156 valence electrons. The lowest BCUT2D eigenvalue weighted by atomic mass is 10.0. The van der Waals surface area contributed by atoms with Gasteiger partial charge in [-0.05, 0) is 37.1 Å². The number of benzene rings is 2. The molecule has 1 aliphatic heterocycles. The number of amides is 3. The van der Waals surface area contributed by atoms with Crippen molar-refractivity contribution in [1.82, 2.24) is 20.5 Å². The third-order valence-corrected chi connectivity index (χ3v) is 5.26. The smallest absolute Gasteiger partial charge is 0.335 e. The Morgan fingerprint density at radius 2 is 1.93 bits per heavy atom. The lowest BCUT2D eigenvalue weighted by Crippen LogP contribution is -2.39. The molecule has 4 N–H and O–H groups in total. The van der Waals surface area contributed by atoms with Crippen LogP contribution in [0.15, 0.2) is 42.5 Å². The number of carbonyl (C=O) groups is 2. The van der Waals surface area contributed by atoms with Crippen molar-refractivity contribution in [1.29, 1.82) is 0 Å². The Morgan fingerprint density at radius 3 is 2.70 bits per heavy atom. The summed E-state index contributed by atoms with van der Waals surface area (Å²) in [5.74, 6) is 0.311. The van der Waals surface area contributed by atoms with Crippen LogP contribution in [0.3, 0.4) is 0 Å². The van der Waals surface area contributed by atoms with Crippen molar-refractivity contribution in [3.05, 3.63) is 59.3 Å².